The predicted octanol–water partition coefficient (Wildman–Crippen LogP) is 13.0. The van der Waals surface area contributed by atoms with Crippen LogP contribution in [0.15, 0.2) is 12.1 Å². The van der Waals surface area contributed by atoms with E-state index in [1.165, 1.54) is 135 Å². The van der Waals surface area contributed by atoms with Crippen molar-refractivity contribution in [3.63, 3.8) is 0 Å². The molecule has 3 fully saturated rings. The molecule has 0 heterocycles. The number of unbranched alkanes of at least 4 members (excludes halogenated alkanes) is 7. The maximum atomic E-state index is 15.0. The van der Waals surface area contributed by atoms with Crippen molar-refractivity contribution in [3.05, 3.63) is 29.3 Å². The highest BCUT2D eigenvalue weighted by Gasteiger charge is 2.31. The van der Waals surface area contributed by atoms with Gasteiger partial charge in [-0.25, -0.2) is 4.39 Å². The number of benzene rings is 1. The Morgan fingerprint density at radius 2 is 1.00 bits per heavy atom. The van der Waals surface area contributed by atoms with Gasteiger partial charge in [-0.1, -0.05) is 129 Å². The summed E-state index contributed by atoms with van der Waals surface area (Å²) in [5, 5.41) is 0. The van der Waals surface area contributed by atoms with Gasteiger partial charge >= 0.3 is 0 Å². The molecule has 0 amide bonds. The number of aryl methyl sites for hydroxylation is 1. The third-order valence-electron chi connectivity index (χ3n) is 12.0. The van der Waals surface area contributed by atoms with E-state index in [1.807, 2.05) is 0 Å². The second kappa shape index (κ2) is 19.4. The lowest BCUT2D eigenvalue weighted by Crippen LogP contribution is -2.26. The van der Waals surface area contributed by atoms with Gasteiger partial charge < -0.3 is 4.74 Å². The quantitative estimate of drug-likeness (QED) is 0.152. The van der Waals surface area contributed by atoms with E-state index in [1.54, 1.807) is 12.1 Å². The van der Waals surface area contributed by atoms with E-state index in [4.69, 9.17) is 4.74 Å². The fraction of sp³-hybridized carbons (Fsp3) is 0.850. The molecule has 3 saturated carbocycles. The van der Waals surface area contributed by atoms with Crippen molar-refractivity contribution in [1.82, 2.24) is 0 Å². The molecular formula is C40H66F2O. The summed E-state index contributed by atoms with van der Waals surface area (Å²) in [5.41, 5.74) is 0.531. The van der Waals surface area contributed by atoms with Crippen LogP contribution in [0.5, 0.6) is 5.75 Å². The second-order valence-corrected chi connectivity index (χ2v) is 15.2. The third kappa shape index (κ3) is 11.6. The van der Waals surface area contributed by atoms with Crippen LogP contribution >= 0.6 is 0 Å². The fourth-order valence-corrected chi connectivity index (χ4v) is 8.92. The van der Waals surface area contributed by atoms with Gasteiger partial charge in [0.15, 0.2) is 11.6 Å². The van der Waals surface area contributed by atoms with E-state index in [-0.39, 0.29) is 5.75 Å². The molecule has 0 atom stereocenters. The minimum Gasteiger partial charge on any atom is -0.490 e. The van der Waals surface area contributed by atoms with E-state index in [0.29, 0.717) is 30.4 Å². The highest BCUT2D eigenvalue weighted by molar-refractivity contribution is 5.31. The van der Waals surface area contributed by atoms with Crippen LogP contribution in [0.25, 0.3) is 0 Å². The Bertz CT molecular complexity index is 875. The van der Waals surface area contributed by atoms with Crippen molar-refractivity contribution in [1.29, 1.82) is 0 Å². The summed E-state index contributed by atoms with van der Waals surface area (Å²) < 4.78 is 35.8. The molecule has 3 heteroatoms. The average molecular weight is 601 g/mol. The van der Waals surface area contributed by atoms with Crippen molar-refractivity contribution < 1.29 is 13.5 Å². The molecule has 0 radical (unpaired) electrons. The first-order chi connectivity index (χ1) is 21.1. The summed E-state index contributed by atoms with van der Waals surface area (Å²) in [4.78, 5) is 0. The van der Waals surface area contributed by atoms with Crippen molar-refractivity contribution in [2.45, 2.75) is 174 Å². The highest BCUT2D eigenvalue weighted by Crippen LogP contribution is 2.43. The van der Waals surface area contributed by atoms with Crippen LogP contribution in [0.1, 0.15) is 174 Å². The SMILES string of the molecule is CCCCCCC[C@H]1CC[C@H]([C@H]2CC[C@H](CCc3ccc(OC[C@H]4CC[C@H](CCCCCC)CC4)c(F)c3F)CC2)CC1. The van der Waals surface area contributed by atoms with Crippen molar-refractivity contribution >= 4 is 0 Å². The zero-order valence-corrected chi connectivity index (χ0v) is 28.2. The van der Waals surface area contributed by atoms with Gasteiger partial charge in [-0.15, -0.1) is 0 Å². The van der Waals surface area contributed by atoms with Gasteiger partial charge in [0.25, 0.3) is 0 Å². The number of rotatable bonds is 18. The van der Waals surface area contributed by atoms with Crippen LogP contribution in [0.2, 0.25) is 0 Å². The second-order valence-electron chi connectivity index (χ2n) is 15.2. The molecule has 1 aromatic carbocycles. The molecule has 0 bridgehead atoms. The number of hydrogen-bond acceptors (Lipinski definition) is 1. The Morgan fingerprint density at radius 3 is 1.56 bits per heavy atom. The molecule has 0 aliphatic heterocycles. The van der Waals surface area contributed by atoms with Gasteiger partial charge in [0.05, 0.1) is 6.61 Å². The molecule has 3 aliphatic rings. The molecule has 0 aromatic heterocycles. The van der Waals surface area contributed by atoms with E-state index >= 15 is 4.39 Å². The molecule has 246 valence electrons. The fourth-order valence-electron chi connectivity index (χ4n) is 8.92. The molecule has 1 aromatic rings. The van der Waals surface area contributed by atoms with Crippen LogP contribution < -0.4 is 4.74 Å². The number of hydrogen-bond donors (Lipinski definition) is 0. The smallest absolute Gasteiger partial charge is 0.200 e. The molecule has 1 nitrogen and oxygen atoms in total. The largest absolute Gasteiger partial charge is 0.490 e. The van der Waals surface area contributed by atoms with Gasteiger partial charge in [0.1, 0.15) is 0 Å². The van der Waals surface area contributed by atoms with Gasteiger partial charge in [-0.05, 0) is 98.5 Å². The van der Waals surface area contributed by atoms with Crippen LogP contribution in [-0.4, -0.2) is 6.61 Å². The summed E-state index contributed by atoms with van der Waals surface area (Å²) in [5.74, 6) is 3.49. The third-order valence-corrected chi connectivity index (χ3v) is 12.0. The zero-order valence-electron chi connectivity index (χ0n) is 28.2. The topological polar surface area (TPSA) is 9.23 Å². The lowest BCUT2D eigenvalue weighted by molar-refractivity contribution is 0.140. The molecule has 4 rings (SSSR count). The minimum absolute atomic E-state index is 0.106. The molecular weight excluding hydrogens is 534 g/mol. The summed E-state index contributed by atoms with van der Waals surface area (Å²) >= 11 is 0. The summed E-state index contributed by atoms with van der Waals surface area (Å²) in [6.45, 7) is 5.08. The Morgan fingerprint density at radius 1 is 0.535 bits per heavy atom. The highest BCUT2D eigenvalue weighted by atomic mass is 19.2. The maximum Gasteiger partial charge on any atom is 0.200 e. The van der Waals surface area contributed by atoms with E-state index in [9.17, 15) is 4.39 Å². The maximum absolute atomic E-state index is 15.0. The van der Waals surface area contributed by atoms with E-state index in [0.717, 1.165) is 42.9 Å². The predicted molar refractivity (Wildman–Crippen MR) is 179 cm³/mol. The van der Waals surface area contributed by atoms with Crippen molar-refractivity contribution in [3.8, 4) is 5.75 Å². The Labute approximate surface area is 264 Å². The minimum atomic E-state index is -0.776. The summed E-state index contributed by atoms with van der Waals surface area (Å²) in [7, 11) is 0. The van der Waals surface area contributed by atoms with Gasteiger partial charge in [0.2, 0.25) is 5.82 Å². The number of ether oxygens (including phenoxy) is 1. The molecule has 3 aliphatic carbocycles. The first-order valence-electron chi connectivity index (χ1n) is 19.2. The van der Waals surface area contributed by atoms with Crippen molar-refractivity contribution in [2.24, 2.45) is 35.5 Å². The number of halogens is 2. The van der Waals surface area contributed by atoms with E-state index in [2.05, 4.69) is 13.8 Å². The molecule has 0 unspecified atom stereocenters. The Hall–Kier alpha value is -1.12. The Balaban J connectivity index is 1.10. The normalized spacial score (nSPS) is 28.2. The molecule has 43 heavy (non-hydrogen) atoms. The molecule has 0 spiro atoms. The van der Waals surface area contributed by atoms with Crippen LogP contribution in [0, 0.1) is 47.1 Å². The van der Waals surface area contributed by atoms with Crippen molar-refractivity contribution in [2.75, 3.05) is 6.61 Å². The van der Waals surface area contributed by atoms with Crippen LogP contribution in [-0.2, 0) is 6.42 Å². The first kappa shape index (κ1) is 34.7. The van der Waals surface area contributed by atoms with Crippen LogP contribution in [0.4, 0.5) is 8.78 Å². The first-order valence-corrected chi connectivity index (χ1v) is 19.2. The molecule has 0 saturated heterocycles. The molecule has 0 N–H and O–H groups in total. The zero-order chi connectivity index (χ0) is 30.3. The lowest BCUT2D eigenvalue weighted by atomic mass is 9.68. The van der Waals surface area contributed by atoms with Gasteiger partial charge in [-0.2, -0.15) is 4.39 Å². The summed E-state index contributed by atoms with van der Waals surface area (Å²) in [6, 6.07) is 3.47. The van der Waals surface area contributed by atoms with Gasteiger partial charge in [-0.3, -0.25) is 0 Å². The Kier molecular flexibility index (Phi) is 15.7. The lowest BCUT2D eigenvalue weighted by Gasteiger charge is -2.38. The average Bonchev–Trinajstić information content (AvgIpc) is 3.04. The standard InChI is InChI=1S/C40H66F2O/c1-3-5-7-9-11-13-32-18-23-35(24-19-32)36-25-20-33(21-26-36)22-27-37-28-29-38(40(42)39(37)41)43-30-34-16-14-31(15-17-34)12-10-8-6-4-2/h28-29,31-36H,3-27,30H2,1-2H3/t31-,32-,33-,34-,35-,36-. The monoisotopic (exact) mass is 601 g/mol. The summed E-state index contributed by atoms with van der Waals surface area (Å²) in [6.07, 6.45) is 32.8. The van der Waals surface area contributed by atoms with E-state index < -0.39 is 11.6 Å². The van der Waals surface area contributed by atoms with Gasteiger partial charge in [0, 0.05) is 0 Å². The van der Waals surface area contributed by atoms with Crippen LogP contribution in [0.3, 0.4) is 0 Å².